The van der Waals surface area contributed by atoms with Gasteiger partial charge in [0, 0.05) is 16.3 Å². The molecule has 2 aromatic heterocycles. The van der Waals surface area contributed by atoms with Crippen molar-refractivity contribution in [2.24, 2.45) is 5.73 Å². The van der Waals surface area contributed by atoms with E-state index in [1.807, 2.05) is 13.8 Å². The number of nitrogens with zero attached hydrogens (tertiary/aromatic N) is 5. The van der Waals surface area contributed by atoms with Crippen molar-refractivity contribution in [1.82, 2.24) is 19.7 Å². The molecule has 3 N–H and O–H groups in total. The molecule has 10 nitrogen and oxygen atoms in total. The number of alkyl halides is 3. The van der Waals surface area contributed by atoms with Gasteiger partial charge in [0.15, 0.2) is 0 Å². The lowest BCUT2D eigenvalue weighted by Gasteiger charge is -2.36. The number of aromatic amines is 1. The number of hydrogen-bond donors (Lipinski definition) is 2. The highest BCUT2D eigenvalue weighted by Crippen LogP contribution is 2.44. The summed E-state index contributed by atoms with van der Waals surface area (Å²) in [7, 11) is 1.17. The highest BCUT2D eigenvalue weighted by atomic mass is 32.1. The van der Waals surface area contributed by atoms with Gasteiger partial charge in [0.05, 0.1) is 46.6 Å². The molecule has 5 rings (SSSR count). The van der Waals surface area contributed by atoms with Gasteiger partial charge in [-0.1, -0.05) is 12.1 Å². The number of anilines is 2. The van der Waals surface area contributed by atoms with Crippen molar-refractivity contribution in [2.45, 2.75) is 45.5 Å². The average molecular weight is 610 g/mol. The van der Waals surface area contributed by atoms with E-state index in [9.17, 15) is 28.0 Å². The first-order valence-corrected chi connectivity index (χ1v) is 13.8. The summed E-state index contributed by atoms with van der Waals surface area (Å²) in [5.41, 5.74) is 7.26. The second kappa shape index (κ2) is 11.2. The van der Waals surface area contributed by atoms with Gasteiger partial charge in [-0.2, -0.15) is 18.4 Å². The van der Waals surface area contributed by atoms with Gasteiger partial charge in [0.2, 0.25) is 5.95 Å². The van der Waals surface area contributed by atoms with Crippen molar-refractivity contribution in [3.63, 3.8) is 0 Å². The standard InChI is InChI=1S/C29H26F3N7O3S/c1-14-23(26(40)42-4)25(21-9-8-17(13-33)10-18(21)11-22(34)24-15(2)43-16(3)35-24)39-27(36-37-28(39)41)38(14)20-7-5-6-19(12-20)29(30,31)32/h5-10,12,22,25H,11,34H2,1-4H3,(H,37,41)/t22?,25-/m1/s1. The Morgan fingerprint density at radius 1 is 1.23 bits per heavy atom. The summed E-state index contributed by atoms with van der Waals surface area (Å²) in [6.07, 6.45) is -4.43. The predicted octanol–water partition coefficient (Wildman–Crippen LogP) is 4.97. The van der Waals surface area contributed by atoms with Gasteiger partial charge in [-0.3, -0.25) is 4.90 Å². The number of hydrogen-bond acceptors (Lipinski definition) is 9. The molecule has 43 heavy (non-hydrogen) atoms. The Balaban J connectivity index is 1.74. The lowest BCUT2D eigenvalue weighted by molar-refractivity contribution is -0.138. The van der Waals surface area contributed by atoms with Crippen LogP contribution < -0.4 is 16.3 Å². The van der Waals surface area contributed by atoms with Crippen molar-refractivity contribution in [3.05, 3.63) is 102 Å². The number of rotatable bonds is 6. The van der Waals surface area contributed by atoms with Crippen molar-refractivity contribution < 1.29 is 22.7 Å². The fourth-order valence-electron chi connectivity index (χ4n) is 5.42. The zero-order valence-corrected chi connectivity index (χ0v) is 24.3. The minimum Gasteiger partial charge on any atom is -0.466 e. The topological polar surface area (TPSA) is 143 Å². The molecule has 0 bridgehead atoms. The number of methoxy groups -OCH3 is 1. The van der Waals surface area contributed by atoms with E-state index in [1.165, 1.54) is 40.0 Å². The molecule has 1 aliphatic heterocycles. The van der Waals surface area contributed by atoms with Crippen molar-refractivity contribution in [3.8, 4) is 6.07 Å². The third-order valence-corrected chi connectivity index (χ3v) is 8.18. The molecule has 222 valence electrons. The van der Waals surface area contributed by atoms with Crippen LogP contribution in [0.5, 0.6) is 0 Å². The number of allylic oxidation sites excluding steroid dienone is 1. The number of nitrogens with one attached hydrogen (secondary N) is 1. The lowest BCUT2D eigenvalue weighted by Crippen LogP contribution is -2.38. The Bertz CT molecular complexity index is 1870. The molecule has 1 unspecified atom stereocenters. The number of carbonyl (C=O) groups is 1. The minimum atomic E-state index is -4.63. The van der Waals surface area contributed by atoms with E-state index in [1.54, 1.807) is 25.1 Å². The molecule has 2 atom stereocenters. The van der Waals surface area contributed by atoms with Gasteiger partial charge >= 0.3 is 17.8 Å². The van der Waals surface area contributed by atoms with Crippen LogP contribution in [0.1, 0.15) is 56.8 Å². The summed E-state index contributed by atoms with van der Waals surface area (Å²) in [6.45, 7) is 5.32. The summed E-state index contributed by atoms with van der Waals surface area (Å²) >= 11 is 1.50. The Morgan fingerprint density at radius 2 is 1.98 bits per heavy atom. The number of aryl methyl sites for hydroxylation is 2. The zero-order valence-electron chi connectivity index (χ0n) is 23.5. The fourth-order valence-corrected chi connectivity index (χ4v) is 6.31. The summed E-state index contributed by atoms with van der Waals surface area (Å²) in [5.74, 6) is -0.839. The number of thiazole rings is 1. The van der Waals surface area contributed by atoms with Gasteiger partial charge in [-0.15, -0.1) is 16.4 Å². The van der Waals surface area contributed by atoms with E-state index in [2.05, 4.69) is 21.3 Å². The van der Waals surface area contributed by atoms with Crippen LogP contribution in [-0.2, 0) is 22.1 Å². The first kappa shape index (κ1) is 29.7. The van der Waals surface area contributed by atoms with Crippen LogP contribution >= 0.6 is 11.3 Å². The molecule has 0 fully saturated rings. The largest absolute Gasteiger partial charge is 0.466 e. The number of halogens is 3. The molecule has 0 radical (unpaired) electrons. The fraction of sp³-hybridized carbons (Fsp3) is 0.276. The number of carbonyl (C=O) groups excluding carboxylic acids is 1. The molecule has 0 saturated carbocycles. The van der Waals surface area contributed by atoms with E-state index in [4.69, 9.17) is 10.5 Å². The van der Waals surface area contributed by atoms with E-state index >= 15 is 0 Å². The maximum atomic E-state index is 13.6. The number of H-pyrrole nitrogens is 1. The number of benzene rings is 2. The number of nitrogens with two attached hydrogens (primary N) is 1. The predicted molar refractivity (Wildman–Crippen MR) is 153 cm³/mol. The second-order valence-electron chi connectivity index (χ2n) is 9.99. The van der Waals surface area contributed by atoms with E-state index < -0.39 is 35.5 Å². The van der Waals surface area contributed by atoms with Gasteiger partial charge in [0.25, 0.3) is 0 Å². The maximum absolute atomic E-state index is 13.6. The normalized spacial score (nSPS) is 15.7. The third-order valence-electron chi connectivity index (χ3n) is 7.28. The quantitative estimate of drug-likeness (QED) is 0.292. The molecule has 14 heteroatoms. The number of nitriles is 1. The molecule has 0 amide bonds. The second-order valence-corrected chi connectivity index (χ2v) is 11.4. The van der Waals surface area contributed by atoms with Crippen LogP contribution in [0.25, 0.3) is 0 Å². The smallest absolute Gasteiger partial charge is 0.416 e. The molecule has 3 heterocycles. The van der Waals surface area contributed by atoms with Crippen LogP contribution in [0.2, 0.25) is 0 Å². The molecule has 0 aliphatic carbocycles. The summed E-state index contributed by atoms with van der Waals surface area (Å²) in [5, 5.41) is 17.0. The van der Waals surface area contributed by atoms with Crippen molar-refractivity contribution in [2.75, 3.05) is 12.0 Å². The molecule has 4 aromatic rings. The molecular weight excluding hydrogens is 583 g/mol. The Morgan fingerprint density at radius 3 is 2.60 bits per heavy atom. The summed E-state index contributed by atoms with van der Waals surface area (Å²) < 4.78 is 47.2. The van der Waals surface area contributed by atoms with Gasteiger partial charge < -0.3 is 10.5 Å². The van der Waals surface area contributed by atoms with Gasteiger partial charge in [-0.25, -0.2) is 24.2 Å². The van der Waals surface area contributed by atoms with Crippen LogP contribution in [-0.4, -0.2) is 32.8 Å². The van der Waals surface area contributed by atoms with Crippen molar-refractivity contribution >= 4 is 28.9 Å². The van der Waals surface area contributed by atoms with E-state index in [0.29, 0.717) is 22.4 Å². The van der Waals surface area contributed by atoms with Crippen molar-refractivity contribution in [1.29, 1.82) is 5.26 Å². The Hall–Kier alpha value is -4.74. The van der Waals surface area contributed by atoms with Gasteiger partial charge in [0.1, 0.15) is 6.04 Å². The van der Waals surface area contributed by atoms with E-state index in [-0.39, 0.29) is 29.3 Å². The zero-order chi connectivity index (χ0) is 31.2. The monoisotopic (exact) mass is 609 g/mol. The average Bonchev–Trinajstić information content (AvgIpc) is 3.52. The van der Waals surface area contributed by atoms with Crippen LogP contribution in [0, 0.1) is 25.2 Å². The number of ether oxygens (including phenoxy) is 1. The molecule has 2 aromatic carbocycles. The Kier molecular flexibility index (Phi) is 7.72. The SMILES string of the molecule is COC(=O)C1=C(C)N(c2cccc(C(F)(F)F)c2)c2n[nH]c(=O)n2[C@@H]1c1ccc(C#N)cc1CC(N)c1nc(C)sc1C. The first-order chi connectivity index (χ1) is 20.3. The van der Waals surface area contributed by atoms with Crippen LogP contribution in [0.4, 0.5) is 24.8 Å². The summed E-state index contributed by atoms with van der Waals surface area (Å²) in [4.78, 5) is 33.5. The molecule has 0 spiro atoms. The number of esters is 1. The first-order valence-electron chi connectivity index (χ1n) is 13.0. The number of aromatic nitrogens is 4. The van der Waals surface area contributed by atoms with Crippen LogP contribution in [0.3, 0.4) is 0 Å². The third kappa shape index (κ3) is 5.33. The molecule has 1 aliphatic rings. The summed E-state index contributed by atoms with van der Waals surface area (Å²) in [6, 6.07) is 9.72. The van der Waals surface area contributed by atoms with E-state index in [0.717, 1.165) is 22.0 Å². The minimum absolute atomic E-state index is 0.00359. The number of fused-ring (bicyclic) bond motifs is 1. The van der Waals surface area contributed by atoms with Crippen LogP contribution in [0.15, 0.2) is 58.5 Å². The van der Waals surface area contributed by atoms with Gasteiger partial charge in [-0.05, 0) is 68.7 Å². The maximum Gasteiger partial charge on any atom is 0.416 e. The molecule has 0 saturated heterocycles. The molecular formula is C29H26F3N7O3S. The lowest BCUT2D eigenvalue weighted by atomic mass is 9.87. The highest BCUT2D eigenvalue weighted by molar-refractivity contribution is 7.11. The highest BCUT2D eigenvalue weighted by Gasteiger charge is 2.41. The Labute approximate surface area is 247 Å².